The van der Waals surface area contributed by atoms with Gasteiger partial charge in [-0.15, -0.1) is 0 Å². The van der Waals surface area contributed by atoms with Gasteiger partial charge in [-0.1, -0.05) is 11.6 Å². The molecule has 1 aliphatic rings. The third-order valence-corrected chi connectivity index (χ3v) is 3.03. The van der Waals surface area contributed by atoms with Crippen LogP contribution in [0.2, 0.25) is 10.3 Å². The summed E-state index contributed by atoms with van der Waals surface area (Å²) in [6.07, 6.45) is 3.14. The van der Waals surface area contributed by atoms with Crippen LogP contribution in [0.5, 0.6) is 0 Å². The Kier molecular flexibility index (Phi) is 2.68. The molecule has 2 aromatic heterocycles. The normalized spacial score (nSPS) is 14.2. The second kappa shape index (κ2) is 4.22. The number of nitrogens with one attached hydrogen (secondary N) is 1. The fraction of sp³-hybridized carbons (Fsp3) is 0.200. The summed E-state index contributed by atoms with van der Waals surface area (Å²) in [7, 11) is 0. The Bertz CT molecular complexity index is 639. The number of nitrogens with zero attached hydrogens (tertiary/aromatic N) is 4. The van der Waals surface area contributed by atoms with Crippen LogP contribution in [0, 0.1) is 0 Å². The van der Waals surface area contributed by atoms with Crippen molar-refractivity contribution in [2.45, 2.75) is 6.54 Å². The van der Waals surface area contributed by atoms with E-state index in [-0.39, 0.29) is 11.2 Å². The molecule has 1 N–H and O–H groups in total. The van der Waals surface area contributed by atoms with Crippen LogP contribution in [-0.2, 0) is 6.54 Å². The molecule has 0 radical (unpaired) electrons. The molecule has 18 heavy (non-hydrogen) atoms. The third kappa shape index (κ3) is 1.83. The van der Waals surface area contributed by atoms with E-state index >= 15 is 0 Å². The van der Waals surface area contributed by atoms with E-state index < -0.39 is 0 Å². The molecule has 2 aromatic rings. The van der Waals surface area contributed by atoms with Gasteiger partial charge in [0.15, 0.2) is 5.82 Å². The van der Waals surface area contributed by atoms with Gasteiger partial charge in [-0.05, 0) is 11.6 Å². The van der Waals surface area contributed by atoms with Crippen LogP contribution >= 0.6 is 23.2 Å². The maximum Gasteiger partial charge on any atom is 0.287 e. The van der Waals surface area contributed by atoms with Crippen LogP contribution in [0.3, 0.4) is 0 Å². The highest BCUT2D eigenvalue weighted by atomic mass is 35.5. The second-order valence-corrected chi connectivity index (χ2v) is 4.48. The highest BCUT2D eigenvalue weighted by Crippen LogP contribution is 2.26. The number of halogens is 2. The van der Waals surface area contributed by atoms with Crippen molar-refractivity contribution in [3.8, 4) is 11.4 Å². The average molecular weight is 284 g/mol. The van der Waals surface area contributed by atoms with Crippen LogP contribution in [0.25, 0.3) is 11.4 Å². The minimum absolute atomic E-state index is 0.0878. The van der Waals surface area contributed by atoms with Gasteiger partial charge in [0.2, 0.25) is 5.28 Å². The lowest BCUT2D eigenvalue weighted by Crippen LogP contribution is -2.35. The molecule has 3 heterocycles. The van der Waals surface area contributed by atoms with Crippen LogP contribution in [0.4, 0.5) is 0 Å². The number of fused-ring (bicyclic) bond motifs is 1. The molecule has 0 atom stereocenters. The smallest absolute Gasteiger partial charge is 0.287 e. The number of imidazole rings is 1. The van der Waals surface area contributed by atoms with E-state index in [1.165, 1.54) is 6.20 Å². The van der Waals surface area contributed by atoms with E-state index in [1.807, 2.05) is 0 Å². The monoisotopic (exact) mass is 283 g/mol. The minimum atomic E-state index is -0.205. The molecule has 92 valence electrons. The number of amides is 1. The first-order valence-corrected chi connectivity index (χ1v) is 5.94. The average Bonchev–Trinajstić information content (AvgIpc) is 2.77. The van der Waals surface area contributed by atoms with E-state index in [4.69, 9.17) is 23.2 Å². The fourth-order valence-electron chi connectivity index (χ4n) is 1.78. The number of hydrogen-bond donors (Lipinski definition) is 1. The summed E-state index contributed by atoms with van der Waals surface area (Å²) < 4.78 is 1.76. The Balaban J connectivity index is 2.13. The third-order valence-electron chi connectivity index (χ3n) is 2.58. The van der Waals surface area contributed by atoms with Gasteiger partial charge in [0, 0.05) is 19.3 Å². The molecule has 0 fully saturated rings. The lowest BCUT2D eigenvalue weighted by molar-refractivity contribution is 0.0922. The van der Waals surface area contributed by atoms with E-state index in [1.54, 1.807) is 10.8 Å². The summed E-state index contributed by atoms with van der Waals surface area (Å²) in [6, 6.07) is 0. The van der Waals surface area contributed by atoms with Gasteiger partial charge in [0.25, 0.3) is 5.91 Å². The summed E-state index contributed by atoms with van der Waals surface area (Å²) in [6.45, 7) is 1.25. The first-order chi connectivity index (χ1) is 8.65. The Labute approximate surface area is 112 Å². The molecule has 0 bridgehead atoms. The molecule has 0 aromatic carbocycles. The zero-order valence-electron chi connectivity index (χ0n) is 9.02. The summed E-state index contributed by atoms with van der Waals surface area (Å²) in [5.74, 6) is 0.144. The molecular formula is C10H7Cl2N5O. The molecule has 0 saturated heterocycles. The number of aromatic nitrogens is 4. The maximum absolute atomic E-state index is 11.6. The molecule has 1 amide bonds. The van der Waals surface area contributed by atoms with Gasteiger partial charge >= 0.3 is 0 Å². The van der Waals surface area contributed by atoms with Crippen molar-refractivity contribution >= 4 is 29.1 Å². The molecule has 1 aliphatic heterocycles. The predicted molar refractivity (Wildman–Crippen MR) is 65.6 cm³/mol. The van der Waals surface area contributed by atoms with Gasteiger partial charge < -0.3 is 9.88 Å². The molecule has 3 rings (SSSR count). The van der Waals surface area contributed by atoms with Crippen LogP contribution in [0.15, 0.2) is 12.4 Å². The Morgan fingerprint density at radius 2 is 2.17 bits per heavy atom. The standard InChI is InChI=1S/C10H7Cl2N5O/c11-5-3-14-10(12)16-7(5)6-4-17-2-1-13-9(18)8(17)15-6/h3-4H,1-2H2,(H,13,18). The number of carbonyl (C=O) groups excluding carboxylic acids is 1. The number of rotatable bonds is 1. The molecular weight excluding hydrogens is 277 g/mol. The quantitative estimate of drug-likeness (QED) is 0.803. The predicted octanol–water partition coefficient (Wildman–Crippen LogP) is 1.39. The molecule has 0 spiro atoms. The fourth-order valence-corrected chi connectivity index (χ4v) is 2.10. The first kappa shape index (κ1) is 11.4. The largest absolute Gasteiger partial charge is 0.348 e. The SMILES string of the molecule is O=C1NCCn2cc(-c3nc(Cl)ncc3Cl)nc21. The van der Waals surface area contributed by atoms with Crippen LogP contribution < -0.4 is 5.32 Å². The number of hydrogen-bond acceptors (Lipinski definition) is 4. The van der Waals surface area contributed by atoms with Gasteiger partial charge in [0.05, 0.1) is 11.2 Å². The maximum atomic E-state index is 11.6. The molecule has 8 heteroatoms. The van der Waals surface area contributed by atoms with Crippen molar-refractivity contribution < 1.29 is 4.79 Å². The minimum Gasteiger partial charge on any atom is -0.348 e. The zero-order chi connectivity index (χ0) is 12.7. The summed E-state index contributed by atoms with van der Waals surface area (Å²) in [4.78, 5) is 23.6. The van der Waals surface area contributed by atoms with Crippen molar-refractivity contribution in [1.29, 1.82) is 0 Å². The first-order valence-electron chi connectivity index (χ1n) is 5.19. The molecule has 0 unspecified atom stereocenters. The lowest BCUT2D eigenvalue weighted by atomic mass is 10.3. The van der Waals surface area contributed by atoms with Crippen molar-refractivity contribution in [1.82, 2.24) is 24.8 Å². The highest BCUT2D eigenvalue weighted by molar-refractivity contribution is 6.33. The summed E-state index contributed by atoms with van der Waals surface area (Å²) in [5, 5.41) is 3.15. The topological polar surface area (TPSA) is 72.7 Å². The van der Waals surface area contributed by atoms with Crippen LogP contribution in [-0.4, -0.2) is 32.0 Å². The van der Waals surface area contributed by atoms with E-state index in [2.05, 4.69) is 20.3 Å². The summed E-state index contributed by atoms with van der Waals surface area (Å²) in [5.41, 5.74) is 0.933. The van der Waals surface area contributed by atoms with E-state index in [0.717, 1.165) is 0 Å². The number of carbonyl (C=O) groups is 1. The molecule has 0 aliphatic carbocycles. The van der Waals surface area contributed by atoms with Crippen molar-refractivity contribution in [2.75, 3.05) is 6.54 Å². The van der Waals surface area contributed by atoms with Gasteiger partial charge in [-0.2, -0.15) is 0 Å². The van der Waals surface area contributed by atoms with E-state index in [9.17, 15) is 4.79 Å². The van der Waals surface area contributed by atoms with Gasteiger partial charge in [0.1, 0.15) is 11.4 Å². The van der Waals surface area contributed by atoms with Gasteiger partial charge in [-0.25, -0.2) is 15.0 Å². The van der Waals surface area contributed by atoms with Crippen molar-refractivity contribution in [3.05, 3.63) is 28.5 Å². The molecule has 6 nitrogen and oxygen atoms in total. The van der Waals surface area contributed by atoms with Crippen molar-refractivity contribution in [3.63, 3.8) is 0 Å². The summed E-state index contributed by atoms with van der Waals surface area (Å²) >= 11 is 11.7. The Morgan fingerprint density at radius 3 is 2.94 bits per heavy atom. The Hall–Kier alpha value is -1.66. The second-order valence-electron chi connectivity index (χ2n) is 3.73. The lowest BCUT2D eigenvalue weighted by Gasteiger charge is -2.13. The van der Waals surface area contributed by atoms with Crippen LogP contribution in [0.1, 0.15) is 10.6 Å². The Morgan fingerprint density at radius 1 is 1.33 bits per heavy atom. The van der Waals surface area contributed by atoms with E-state index in [0.29, 0.717) is 35.3 Å². The zero-order valence-corrected chi connectivity index (χ0v) is 10.5. The highest BCUT2D eigenvalue weighted by Gasteiger charge is 2.21. The van der Waals surface area contributed by atoms with Gasteiger partial charge in [-0.3, -0.25) is 4.79 Å². The molecule has 0 saturated carbocycles. The van der Waals surface area contributed by atoms with Crippen molar-refractivity contribution in [2.24, 2.45) is 0 Å².